The number of carbonyl (C=O) groups excluding carboxylic acids is 2. The number of para-hydroxylation sites is 1. The van der Waals surface area contributed by atoms with E-state index in [1.54, 1.807) is 12.1 Å². The van der Waals surface area contributed by atoms with Crippen LogP contribution in [0.25, 0.3) is 0 Å². The molecule has 24 heavy (non-hydrogen) atoms. The molecule has 0 fully saturated rings. The van der Waals surface area contributed by atoms with Crippen molar-refractivity contribution < 1.29 is 23.1 Å². The van der Waals surface area contributed by atoms with Crippen LogP contribution in [0.1, 0.15) is 10.4 Å². The van der Waals surface area contributed by atoms with Gasteiger partial charge in [-0.1, -0.05) is 24.3 Å². The van der Waals surface area contributed by atoms with Gasteiger partial charge in [0, 0.05) is 0 Å². The summed E-state index contributed by atoms with van der Waals surface area (Å²) in [7, 11) is 0. The molecule has 0 bridgehead atoms. The van der Waals surface area contributed by atoms with E-state index in [4.69, 9.17) is 4.74 Å². The number of hydrogen-bond acceptors (Lipinski definition) is 3. The van der Waals surface area contributed by atoms with Crippen LogP contribution in [0, 0.1) is 11.6 Å². The van der Waals surface area contributed by atoms with Crippen LogP contribution in [0.15, 0.2) is 48.5 Å². The van der Waals surface area contributed by atoms with E-state index >= 15 is 0 Å². The second kappa shape index (κ2) is 8.61. The van der Waals surface area contributed by atoms with Gasteiger partial charge in [-0.05, 0) is 24.3 Å². The smallest absolute Gasteiger partial charge is 0.254 e. The number of ether oxygens (including phenoxy) is 1. The normalized spacial score (nSPS) is 10.1. The quantitative estimate of drug-likeness (QED) is 0.760. The lowest BCUT2D eigenvalue weighted by molar-refractivity contribution is -0.120. The second-order valence-electron chi connectivity index (χ2n) is 4.79. The molecule has 0 aliphatic heterocycles. The number of hydrogen-bond donors (Lipinski definition) is 2. The van der Waals surface area contributed by atoms with Gasteiger partial charge in [0.15, 0.2) is 11.6 Å². The first-order valence-electron chi connectivity index (χ1n) is 7.24. The fourth-order valence-corrected chi connectivity index (χ4v) is 1.88. The number of benzene rings is 2. The van der Waals surface area contributed by atoms with Gasteiger partial charge in [0.1, 0.15) is 12.4 Å². The van der Waals surface area contributed by atoms with Gasteiger partial charge in [-0.3, -0.25) is 9.59 Å². The highest BCUT2D eigenvalue weighted by Crippen LogP contribution is 2.14. The molecule has 0 radical (unpaired) electrons. The van der Waals surface area contributed by atoms with Gasteiger partial charge in [-0.2, -0.15) is 0 Å². The summed E-state index contributed by atoms with van der Waals surface area (Å²) in [6.07, 6.45) is 0. The Balaban J connectivity index is 1.68. The summed E-state index contributed by atoms with van der Waals surface area (Å²) < 4.78 is 31.9. The molecular formula is C17H16F2N2O3. The second-order valence-corrected chi connectivity index (χ2v) is 4.79. The van der Waals surface area contributed by atoms with E-state index in [1.165, 1.54) is 30.3 Å². The maximum Gasteiger partial charge on any atom is 0.254 e. The zero-order valence-electron chi connectivity index (χ0n) is 12.7. The van der Waals surface area contributed by atoms with E-state index in [0.29, 0.717) is 0 Å². The zero-order valence-corrected chi connectivity index (χ0v) is 12.7. The summed E-state index contributed by atoms with van der Waals surface area (Å²) in [5.74, 6) is -2.18. The first-order chi connectivity index (χ1) is 11.6. The third-order valence-electron chi connectivity index (χ3n) is 3.05. The molecule has 0 saturated heterocycles. The van der Waals surface area contributed by atoms with Crippen molar-refractivity contribution in [3.63, 3.8) is 0 Å². The number of amides is 2. The van der Waals surface area contributed by atoms with Crippen LogP contribution in [-0.4, -0.2) is 31.5 Å². The van der Waals surface area contributed by atoms with Gasteiger partial charge in [-0.25, -0.2) is 8.78 Å². The van der Waals surface area contributed by atoms with Crippen molar-refractivity contribution in [2.75, 3.05) is 19.7 Å². The Hall–Kier alpha value is -2.96. The Morgan fingerprint density at radius 1 is 0.917 bits per heavy atom. The monoisotopic (exact) mass is 334 g/mol. The predicted molar refractivity (Wildman–Crippen MR) is 83.6 cm³/mol. The minimum atomic E-state index is -0.675. The summed E-state index contributed by atoms with van der Waals surface area (Å²) in [4.78, 5) is 23.3. The van der Waals surface area contributed by atoms with Crippen molar-refractivity contribution >= 4 is 11.8 Å². The molecular weight excluding hydrogens is 318 g/mol. The summed E-state index contributed by atoms with van der Waals surface area (Å²) in [6, 6.07) is 11.4. The number of halogens is 2. The van der Waals surface area contributed by atoms with E-state index < -0.39 is 23.4 Å². The van der Waals surface area contributed by atoms with E-state index in [1.807, 2.05) is 0 Å². The number of nitrogens with one attached hydrogen (secondary N) is 2. The summed E-state index contributed by atoms with van der Waals surface area (Å²) in [5, 5.41) is 4.81. The first-order valence-corrected chi connectivity index (χ1v) is 7.24. The minimum absolute atomic E-state index is 0.0773. The van der Waals surface area contributed by atoms with Crippen molar-refractivity contribution in [1.29, 1.82) is 0 Å². The Labute approximate surface area is 137 Å². The lowest BCUT2D eigenvalue weighted by atomic mass is 10.2. The lowest BCUT2D eigenvalue weighted by Gasteiger charge is -2.09. The molecule has 2 aromatic carbocycles. The maximum atomic E-state index is 13.4. The topological polar surface area (TPSA) is 67.4 Å². The van der Waals surface area contributed by atoms with Crippen molar-refractivity contribution in [1.82, 2.24) is 10.6 Å². The van der Waals surface area contributed by atoms with E-state index in [2.05, 4.69) is 10.6 Å². The molecule has 0 saturated carbocycles. The van der Waals surface area contributed by atoms with Gasteiger partial charge >= 0.3 is 0 Å². The van der Waals surface area contributed by atoms with E-state index in [0.717, 1.165) is 6.07 Å². The van der Waals surface area contributed by atoms with Crippen molar-refractivity contribution in [2.24, 2.45) is 0 Å². The predicted octanol–water partition coefficient (Wildman–Crippen LogP) is 1.89. The fourth-order valence-electron chi connectivity index (χ4n) is 1.88. The molecule has 2 amide bonds. The molecule has 2 rings (SSSR count). The molecule has 2 N–H and O–H groups in total. The van der Waals surface area contributed by atoms with Crippen LogP contribution in [0.2, 0.25) is 0 Å². The van der Waals surface area contributed by atoms with Crippen molar-refractivity contribution in [2.45, 2.75) is 0 Å². The first kappa shape index (κ1) is 17.4. The molecule has 0 unspecified atom stereocenters. The average molecular weight is 334 g/mol. The van der Waals surface area contributed by atoms with Crippen LogP contribution in [0.5, 0.6) is 5.75 Å². The lowest BCUT2D eigenvalue weighted by Crippen LogP contribution is -2.38. The number of carbonyl (C=O) groups is 2. The SMILES string of the molecule is O=C(CNC(=O)c1ccccc1F)NCCOc1ccccc1F. The Morgan fingerprint density at radius 2 is 1.58 bits per heavy atom. The molecule has 0 heterocycles. The van der Waals surface area contributed by atoms with Crippen LogP contribution in [-0.2, 0) is 4.79 Å². The van der Waals surface area contributed by atoms with Gasteiger partial charge in [-0.15, -0.1) is 0 Å². The van der Waals surface area contributed by atoms with Gasteiger partial charge in [0.25, 0.3) is 5.91 Å². The maximum absolute atomic E-state index is 13.4. The molecule has 0 atom stereocenters. The van der Waals surface area contributed by atoms with E-state index in [9.17, 15) is 18.4 Å². The standard InChI is InChI=1S/C17H16F2N2O3/c18-13-6-2-1-5-12(13)17(23)21-11-16(22)20-9-10-24-15-8-4-3-7-14(15)19/h1-8H,9-11H2,(H,20,22)(H,21,23). The largest absolute Gasteiger partial charge is 0.489 e. The summed E-state index contributed by atoms with van der Waals surface area (Å²) in [5.41, 5.74) is -0.131. The van der Waals surface area contributed by atoms with Gasteiger partial charge in [0.05, 0.1) is 18.7 Å². The highest BCUT2D eigenvalue weighted by molar-refractivity contribution is 5.96. The number of rotatable bonds is 7. The minimum Gasteiger partial charge on any atom is -0.489 e. The van der Waals surface area contributed by atoms with Crippen LogP contribution in [0.3, 0.4) is 0 Å². The summed E-state index contributed by atoms with van der Waals surface area (Å²) >= 11 is 0. The molecule has 5 nitrogen and oxygen atoms in total. The molecule has 0 aliphatic carbocycles. The Kier molecular flexibility index (Phi) is 6.24. The Morgan fingerprint density at radius 3 is 2.29 bits per heavy atom. The fraction of sp³-hybridized carbons (Fsp3) is 0.176. The van der Waals surface area contributed by atoms with Gasteiger partial charge in [0.2, 0.25) is 5.91 Å². The molecule has 0 aromatic heterocycles. The zero-order chi connectivity index (χ0) is 17.4. The third-order valence-corrected chi connectivity index (χ3v) is 3.05. The third kappa shape index (κ3) is 5.05. The van der Waals surface area contributed by atoms with Gasteiger partial charge < -0.3 is 15.4 Å². The molecule has 126 valence electrons. The highest BCUT2D eigenvalue weighted by Gasteiger charge is 2.11. The summed E-state index contributed by atoms with van der Waals surface area (Å²) in [6.45, 7) is -0.0798. The molecule has 2 aromatic rings. The molecule has 0 spiro atoms. The van der Waals surface area contributed by atoms with Crippen LogP contribution < -0.4 is 15.4 Å². The van der Waals surface area contributed by atoms with Crippen LogP contribution >= 0.6 is 0 Å². The molecule has 0 aliphatic rings. The Bertz CT molecular complexity index is 722. The van der Waals surface area contributed by atoms with E-state index in [-0.39, 0.29) is 31.0 Å². The highest BCUT2D eigenvalue weighted by atomic mass is 19.1. The van der Waals surface area contributed by atoms with Crippen molar-refractivity contribution in [3.8, 4) is 5.75 Å². The van der Waals surface area contributed by atoms with Crippen LogP contribution in [0.4, 0.5) is 8.78 Å². The average Bonchev–Trinajstić information content (AvgIpc) is 2.58. The van der Waals surface area contributed by atoms with Crippen molar-refractivity contribution in [3.05, 3.63) is 65.7 Å². The molecule has 7 heteroatoms.